The molecule has 0 radical (unpaired) electrons. The average Bonchev–Trinajstić information content (AvgIpc) is 2.19. The van der Waals surface area contributed by atoms with Crippen molar-refractivity contribution in [2.24, 2.45) is 0 Å². The van der Waals surface area contributed by atoms with Gasteiger partial charge in [-0.25, -0.2) is 0 Å². The van der Waals surface area contributed by atoms with Gasteiger partial charge in [0.1, 0.15) is 4.08 Å². The topological polar surface area (TPSA) is 34.1 Å². The van der Waals surface area contributed by atoms with Gasteiger partial charge in [0.25, 0.3) is 0 Å². The van der Waals surface area contributed by atoms with Gasteiger partial charge in [0.2, 0.25) is 0 Å². The molecule has 0 aliphatic carbocycles. The highest BCUT2D eigenvalue weighted by molar-refractivity contribution is 8.14. The minimum absolute atomic E-state index is 0.200. The van der Waals surface area contributed by atoms with Crippen LogP contribution in [0, 0.1) is 0 Å². The summed E-state index contributed by atoms with van der Waals surface area (Å²) in [6.07, 6.45) is 3.13. The number of ketones is 1. The summed E-state index contributed by atoms with van der Waals surface area (Å²) in [6, 6.07) is 0. The maximum atomic E-state index is 11.9. The molecule has 0 aromatic carbocycles. The molecule has 0 unspecified atom stereocenters. The zero-order chi connectivity index (χ0) is 10.6. The number of hydrogen-bond acceptors (Lipinski definition) is 3. The quantitative estimate of drug-likeness (QED) is 0.749. The fraction of sp³-hybridized carbons (Fsp3) is 0.900. The van der Waals surface area contributed by atoms with Crippen molar-refractivity contribution in [2.75, 3.05) is 11.5 Å². The third-order valence-corrected chi connectivity index (χ3v) is 6.84. The summed E-state index contributed by atoms with van der Waals surface area (Å²) in [4.78, 5) is 11.9. The van der Waals surface area contributed by atoms with Gasteiger partial charge >= 0.3 is 0 Å². The van der Waals surface area contributed by atoms with Crippen molar-refractivity contribution in [1.29, 1.82) is 0 Å². The Hall–Kier alpha value is 0.170. The van der Waals surface area contributed by atoms with Crippen molar-refractivity contribution in [3.63, 3.8) is 0 Å². The standard InChI is InChI=1S/C10H18O2S2/c1-3-6-9(11)10(4-2)13-7-5-8-14(10)12/h3-8H2,1-2H3/t10-,14-/m1/s1. The number of rotatable bonds is 4. The van der Waals surface area contributed by atoms with Gasteiger partial charge < -0.3 is 0 Å². The van der Waals surface area contributed by atoms with Gasteiger partial charge in [-0.05, 0) is 25.0 Å². The first-order valence-electron chi connectivity index (χ1n) is 5.23. The van der Waals surface area contributed by atoms with Crippen molar-refractivity contribution < 1.29 is 9.00 Å². The van der Waals surface area contributed by atoms with Crippen molar-refractivity contribution in [2.45, 2.75) is 43.6 Å². The van der Waals surface area contributed by atoms with Crippen LogP contribution < -0.4 is 0 Å². The smallest absolute Gasteiger partial charge is 0.161 e. The molecule has 1 saturated heterocycles. The van der Waals surface area contributed by atoms with E-state index < -0.39 is 14.9 Å². The lowest BCUT2D eigenvalue weighted by Gasteiger charge is -2.33. The van der Waals surface area contributed by atoms with Gasteiger partial charge in [-0.3, -0.25) is 9.00 Å². The van der Waals surface area contributed by atoms with Crippen LogP contribution in [-0.4, -0.2) is 25.6 Å². The Bertz CT molecular complexity index is 240. The van der Waals surface area contributed by atoms with Gasteiger partial charge in [0.15, 0.2) is 5.78 Å². The summed E-state index contributed by atoms with van der Waals surface area (Å²) in [6.45, 7) is 3.97. The highest BCUT2D eigenvalue weighted by Gasteiger charge is 2.43. The number of Topliss-reactive ketones (excluding diaryl/α,β-unsaturated/α-hetero) is 1. The molecule has 0 spiro atoms. The van der Waals surface area contributed by atoms with Crippen molar-refractivity contribution in [1.82, 2.24) is 0 Å². The van der Waals surface area contributed by atoms with Crippen LogP contribution in [0.25, 0.3) is 0 Å². The van der Waals surface area contributed by atoms with Crippen LogP contribution in [0.4, 0.5) is 0 Å². The average molecular weight is 234 g/mol. The number of thioether (sulfide) groups is 1. The summed E-state index contributed by atoms with van der Waals surface area (Å²) in [5.41, 5.74) is 0. The summed E-state index contributed by atoms with van der Waals surface area (Å²) in [5.74, 6) is 1.89. The van der Waals surface area contributed by atoms with Gasteiger partial charge in [0, 0.05) is 23.0 Å². The molecule has 2 nitrogen and oxygen atoms in total. The van der Waals surface area contributed by atoms with Crippen LogP contribution in [0.2, 0.25) is 0 Å². The molecule has 0 aromatic heterocycles. The van der Waals surface area contributed by atoms with E-state index in [2.05, 4.69) is 0 Å². The lowest BCUT2D eigenvalue weighted by molar-refractivity contribution is -0.119. The first kappa shape index (κ1) is 12.2. The van der Waals surface area contributed by atoms with E-state index in [1.807, 2.05) is 13.8 Å². The molecule has 4 heteroatoms. The summed E-state index contributed by atoms with van der Waals surface area (Å²) in [7, 11) is -0.955. The Balaban J connectivity index is 2.82. The Morgan fingerprint density at radius 3 is 2.71 bits per heavy atom. The number of carbonyl (C=O) groups excluding carboxylic acids is 1. The summed E-state index contributed by atoms with van der Waals surface area (Å²) < 4.78 is 11.4. The normalized spacial score (nSPS) is 32.9. The fourth-order valence-corrected chi connectivity index (χ4v) is 5.45. The second-order valence-electron chi connectivity index (χ2n) is 3.53. The molecule has 14 heavy (non-hydrogen) atoms. The Morgan fingerprint density at radius 2 is 2.21 bits per heavy atom. The molecule has 0 N–H and O–H groups in total. The minimum Gasteiger partial charge on any atom is -0.297 e. The molecule has 0 aromatic rings. The molecular weight excluding hydrogens is 216 g/mol. The molecule has 2 atom stereocenters. The maximum absolute atomic E-state index is 11.9. The molecule has 82 valence electrons. The number of hydrogen-bond donors (Lipinski definition) is 0. The largest absolute Gasteiger partial charge is 0.297 e. The second-order valence-corrected chi connectivity index (χ2v) is 6.98. The number of carbonyl (C=O) groups is 1. The van der Waals surface area contributed by atoms with E-state index in [1.54, 1.807) is 11.8 Å². The first-order chi connectivity index (χ1) is 6.67. The van der Waals surface area contributed by atoms with Gasteiger partial charge in [-0.15, -0.1) is 11.8 Å². The van der Waals surface area contributed by atoms with Crippen LogP contribution in [-0.2, 0) is 15.6 Å². The summed E-state index contributed by atoms with van der Waals surface area (Å²) in [5, 5.41) is 0. The fourth-order valence-electron chi connectivity index (χ4n) is 1.74. The molecule has 0 amide bonds. The lowest BCUT2D eigenvalue weighted by Crippen LogP contribution is -2.43. The van der Waals surface area contributed by atoms with Gasteiger partial charge in [0.05, 0.1) is 0 Å². The van der Waals surface area contributed by atoms with Crippen LogP contribution in [0.3, 0.4) is 0 Å². The Labute approximate surface area is 92.7 Å². The monoisotopic (exact) mass is 234 g/mol. The highest BCUT2D eigenvalue weighted by atomic mass is 32.2. The lowest BCUT2D eigenvalue weighted by atomic mass is 10.1. The van der Waals surface area contributed by atoms with Crippen molar-refractivity contribution in [3.05, 3.63) is 0 Å². The molecule has 0 saturated carbocycles. The molecule has 1 aliphatic heterocycles. The predicted octanol–water partition coefficient (Wildman–Crippen LogP) is 2.35. The SMILES string of the molecule is CCCC(=O)[C@]1(CC)SCCC[S@]1=O. The molecule has 0 bridgehead atoms. The summed E-state index contributed by atoms with van der Waals surface area (Å²) >= 11 is 1.62. The van der Waals surface area contributed by atoms with Crippen LogP contribution >= 0.6 is 11.8 Å². The zero-order valence-electron chi connectivity index (χ0n) is 8.88. The van der Waals surface area contributed by atoms with E-state index in [0.29, 0.717) is 18.6 Å². The van der Waals surface area contributed by atoms with E-state index in [9.17, 15) is 9.00 Å². The molecule has 1 fully saturated rings. The van der Waals surface area contributed by atoms with E-state index in [4.69, 9.17) is 0 Å². The first-order valence-corrected chi connectivity index (χ1v) is 7.53. The van der Waals surface area contributed by atoms with Gasteiger partial charge in [-0.2, -0.15) is 0 Å². The van der Waals surface area contributed by atoms with Crippen molar-refractivity contribution >= 4 is 28.3 Å². The highest BCUT2D eigenvalue weighted by Crippen LogP contribution is 2.39. The molecule has 1 aliphatic rings. The van der Waals surface area contributed by atoms with E-state index >= 15 is 0 Å². The van der Waals surface area contributed by atoms with Crippen LogP contribution in [0.15, 0.2) is 0 Å². The van der Waals surface area contributed by atoms with E-state index in [-0.39, 0.29) is 5.78 Å². The second kappa shape index (κ2) is 5.31. The third kappa shape index (κ3) is 2.22. The zero-order valence-corrected chi connectivity index (χ0v) is 10.5. The Morgan fingerprint density at radius 1 is 1.50 bits per heavy atom. The van der Waals surface area contributed by atoms with E-state index in [1.165, 1.54) is 0 Å². The predicted molar refractivity (Wildman–Crippen MR) is 63.0 cm³/mol. The molecule has 1 rings (SSSR count). The van der Waals surface area contributed by atoms with Crippen LogP contribution in [0.1, 0.15) is 39.5 Å². The van der Waals surface area contributed by atoms with Crippen molar-refractivity contribution in [3.8, 4) is 0 Å². The minimum atomic E-state index is -0.955. The van der Waals surface area contributed by atoms with Crippen LogP contribution in [0.5, 0.6) is 0 Å². The molecule has 1 heterocycles. The maximum Gasteiger partial charge on any atom is 0.161 e. The van der Waals surface area contributed by atoms with E-state index in [0.717, 1.165) is 18.6 Å². The molecular formula is C10H18O2S2. The third-order valence-electron chi connectivity index (χ3n) is 2.54. The van der Waals surface area contributed by atoms with Gasteiger partial charge in [-0.1, -0.05) is 13.8 Å². The Kier molecular flexibility index (Phi) is 4.64.